The maximum absolute atomic E-state index is 13.2. The summed E-state index contributed by atoms with van der Waals surface area (Å²) < 4.78 is 5.49. The van der Waals surface area contributed by atoms with E-state index in [1.54, 1.807) is 22.2 Å². The molecule has 0 unspecified atom stereocenters. The minimum absolute atomic E-state index is 0.0556. The number of aromatic amines is 1. The molecule has 1 aliphatic heterocycles. The number of ether oxygens (including phenoxy) is 1. The molecule has 0 radical (unpaired) electrons. The number of hydrogen-bond donors (Lipinski definition) is 1. The van der Waals surface area contributed by atoms with Crippen molar-refractivity contribution in [2.45, 2.75) is 39.7 Å². The lowest BCUT2D eigenvalue weighted by Crippen LogP contribution is -2.40. The molecule has 1 aliphatic rings. The summed E-state index contributed by atoms with van der Waals surface area (Å²) in [4.78, 5) is 46.2. The van der Waals surface area contributed by atoms with Gasteiger partial charge in [0, 0.05) is 37.3 Å². The third-order valence-corrected chi connectivity index (χ3v) is 6.38. The molecule has 0 aliphatic carbocycles. The molecule has 9 nitrogen and oxygen atoms in total. The monoisotopic (exact) mass is 512 g/mol. The first-order valence-corrected chi connectivity index (χ1v) is 12.8. The summed E-state index contributed by atoms with van der Waals surface area (Å²) in [5, 5.41) is 0. The van der Waals surface area contributed by atoms with Gasteiger partial charge < -0.3 is 19.5 Å². The van der Waals surface area contributed by atoms with Crippen molar-refractivity contribution >= 4 is 23.0 Å². The Labute approximate surface area is 221 Å². The summed E-state index contributed by atoms with van der Waals surface area (Å²) in [6.45, 7) is 9.66. The summed E-state index contributed by atoms with van der Waals surface area (Å²) in [5.41, 5.74) is 5.24. The third-order valence-electron chi connectivity index (χ3n) is 6.38. The first kappa shape index (κ1) is 25.4. The van der Waals surface area contributed by atoms with Gasteiger partial charge in [-0.05, 0) is 63.9 Å². The van der Waals surface area contributed by atoms with E-state index in [-0.39, 0.29) is 12.0 Å². The van der Waals surface area contributed by atoms with Crippen molar-refractivity contribution in [2.75, 3.05) is 26.2 Å². The number of aromatic nitrogens is 4. The fourth-order valence-corrected chi connectivity index (χ4v) is 4.46. The van der Waals surface area contributed by atoms with Gasteiger partial charge in [-0.25, -0.2) is 14.8 Å². The molecule has 2 amide bonds. The average molecular weight is 513 g/mol. The highest BCUT2D eigenvalue weighted by Gasteiger charge is 2.26. The van der Waals surface area contributed by atoms with Crippen LogP contribution in [0.15, 0.2) is 54.9 Å². The molecule has 0 bridgehead atoms. The number of hydrogen-bond acceptors (Lipinski definition) is 6. The first-order chi connectivity index (χ1) is 18.2. The van der Waals surface area contributed by atoms with E-state index in [0.717, 1.165) is 22.2 Å². The SMILES string of the molecule is Cc1ccc2nc(-c3cncc(-c4ccc(C(=O)N5CCCN(C(=O)OC(C)(C)C)CC5)cc4)n3)[nH]c2c1. The predicted octanol–water partition coefficient (Wildman–Crippen LogP) is 5.08. The minimum Gasteiger partial charge on any atom is -0.444 e. The number of imidazole rings is 1. The Morgan fingerprint density at radius 3 is 2.37 bits per heavy atom. The number of benzene rings is 2. The van der Waals surface area contributed by atoms with Crippen molar-refractivity contribution in [2.24, 2.45) is 0 Å². The van der Waals surface area contributed by atoms with Crippen molar-refractivity contribution in [3.8, 4) is 22.8 Å². The van der Waals surface area contributed by atoms with E-state index in [2.05, 4.69) is 21.0 Å². The quantitative estimate of drug-likeness (QED) is 0.411. The van der Waals surface area contributed by atoms with Gasteiger partial charge in [0.25, 0.3) is 5.91 Å². The number of carbonyl (C=O) groups excluding carboxylic acids is 2. The van der Waals surface area contributed by atoms with E-state index in [0.29, 0.717) is 55.4 Å². The van der Waals surface area contributed by atoms with Crippen LogP contribution in [0.1, 0.15) is 43.1 Å². The van der Waals surface area contributed by atoms with E-state index in [1.165, 1.54) is 0 Å². The molecule has 196 valence electrons. The molecule has 5 rings (SSSR count). The van der Waals surface area contributed by atoms with Crippen molar-refractivity contribution < 1.29 is 14.3 Å². The Morgan fingerprint density at radius 1 is 0.895 bits per heavy atom. The van der Waals surface area contributed by atoms with Crippen LogP contribution in [0.3, 0.4) is 0 Å². The number of fused-ring (bicyclic) bond motifs is 1. The summed E-state index contributed by atoms with van der Waals surface area (Å²) >= 11 is 0. The van der Waals surface area contributed by atoms with Gasteiger partial charge in [-0.2, -0.15) is 0 Å². The van der Waals surface area contributed by atoms with Gasteiger partial charge in [-0.1, -0.05) is 18.2 Å². The number of nitrogens with one attached hydrogen (secondary N) is 1. The van der Waals surface area contributed by atoms with E-state index >= 15 is 0 Å². The maximum Gasteiger partial charge on any atom is 0.410 e. The van der Waals surface area contributed by atoms with E-state index in [9.17, 15) is 9.59 Å². The topological polar surface area (TPSA) is 104 Å². The van der Waals surface area contributed by atoms with Gasteiger partial charge in [0.1, 0.15) is 11.3 Å². The van der Waals surface area contributed by atoms with Crippen LogP contribution >= 0.6 is 0 Å². The maximum atomic E-state index is 13.2. The Hall–Kier alpha value is -4.27. The van der Waals surface area contributed by atoms with Crippen LogP contribution in [-0.2, 0) is 4.74 Å². The standard InChI is InChI=1S/C29H32N6O3/c1-19-6-11-22-23(16-19)33-26(32-22)25-18-30-17-24(31-25)20-7-9-21(10-8-20)27(36)34-12-5-13-35(15-14-34)28(37)38-29(2,3)4/h6-11,16-18H,5,12-15H2,1-4H3,(H,32,33). The van der Waals surface area contributed by atoms with Gasteiger partial charge in [0.2, 0.25) is 0 Å². The lowest BCUT2D eigenvalue weighted by molar-refractivity contribution is 0.0255. The number of rotatable bonds is 3. The zero-order valence-corrected chi connectivity index (χ0v) is 22.2. The van der Waals surface area contributed by atoms with Crippen LogP contribution < -0.4 is 0 Å². The molecule has 0 spiro atoms. The Kier molecular flexibility index (Phi) is 6.84. The second-order valence-electron chi connectivity index (χ2n) is 10.6. The highest BCUT2D eigenvalue weighted by atomic mass is 16.6. The van der Waals surface area contributed by atoms with Crippen LogP contribution in [0, 0.1) is 6.92 Å². The highest BCUT2D eigenvalue weighted by Crippen LogP contribution is 2.23. The first-order valence-electron chi connectivity index (χ1n) is 12.8. The fourth-order valence-electron chi connectivity index (χ4n) is 4.46. The normalized spacial score (nSPS) is 14.4. The van der Waals surface area contributed by atoms with Gasteiger partial charge in [0.05, 0.1) is 29.1 Å². The molecule has 9 heteroatoms. The van der Waals surface area contributed by atoms with Crippen molar-refractivity contribution in [3.05, 3.63) is 66.0 Å². The minimum atomic E-state index is -0.546. The molecule has 2 aromatic heterocycles. The summed E-state index contributed by atoms with van der Waals surface area (Å²) in [6, 6.07) is 13.5. The van der Waals surface area contributed by atoms with Crippen molar-refractivity contribution in [3.63, 3.8) is 0 Å². The Bertz CT molecular complexity index is 1470. The molecule has 1 N–H and O–H groups in total. The van der Waals surface area contributed by atoms with E-state index in [1.807, 2.05) is 64.1 Å². The van der Waals surface area contributed by atoms with Crippen LogP contribution in [0.5, 0.6) is 0 Å². The fraction of sp³-hybridized carbons (Fsp3) is 0.345. The molecule has 1 saturated heterocycles. The van der Waals surface area contributed by atoms with Crippen molar-refractivity contribution in [1.82, 2.24) is 29.7 Å². The number of H-pyrrole nitrogens is 1. The Morgan fingerprint density at radius 2 is 1.61 bits per heavy atom. The van der Waals surface area contributed by atoms with Crippen LogP contribution in [-0.4, -0.2) is 73.5 Å². The number of carbonyl (C=O) groups is 2. The molecule has 3 heterocycles. The van der Waals surface area contributed by atoms with Gasteiger partial charge >= 0.3 is 6.09 Å². The smallest absolute Gasteiger partial charge is 0.410 e. The molecule has 4 aromatic rings. The Balaban J connectivity index is 1.27. The highest BCUT2D eigenvalue weighted by molar-refractivity contribution is 5.94. The van der Waals surface area contributed by atoms with Crippen molar-refractivity contribution in [1.29, 1.82) is 0 Å². The molecular weight excluding hydrogens is 480 g/mol. The van der Waals surface area contributed by atoms with Gasteiger partial charge in [0.15, 0.2) is 5.82 Å². The van der Waals surface area contributed by atoms with Crippen LogP contribution in [0.2, 0.25) is 0 Å². The summed E-state index contributed by atoms with van der Waals surface area (Å²) in [5.74, 6) is 0.605. The lowest BCUT2D eigenvalue weighted by Gasteiger charge is -2.26. The number of nitrogens with zero attached hydrogens (tertiary/aromatic N) is 5. The third kappa shape index (κ3) is 5.66. The average Bonchev–Trinajstić information content (AvgIpc) is 3.15. The predicted molar refractivity (Wildman–Crippen MR) is 146 cm³/mol. The van der Waals surface area contributed by atoms with E-state index in [4.69, 9.17) is 9.72 Å². The van der Waals surface area contributed by atoms with E-state index < -0.39 is 5.60 Å². The second-order valence-corrected chi connectivity index (χ2v) is 10.6. The lowest BCUT2D eigenvalue weighted by atomic mass is 10.1. The molecule has 0 saturated carbocycles. The zero-order chi connectivity index (χ0) is 26.9. The van der Waals surface area contributed by atoms with Gasteiger partial charge in [-0.3, -0.25) is 9.78 Å². The second kappa shape index (κ2) is 10.2. The van der Waals surface area contributed by atoms with Gasteiger partial charge in [-0.15, -0.1) is 0 Å². The zero-order valence-electron chi connectivity index (χ0n) is 22.2. The molecular formula is C29H32N6O3. The molecule has 0 atom stereocenters. The molecule has 1 fully saturated rings. The van der Waals surface area contributed by atoms with Crippen LogP contribution in [0.25, 0.3) is 33.8 Å². The molecule has 2 aromatic carbocycles. The largest absolute Gasteiger partial charge is 0.444 e. The summed E-state index contributed by atoms with van der Waals surface area (Å²) in [6.07, 6.45) is 3.75. The van der Waals surface area contributed by atoms with Crippen LogP contribution in [0.4, 0.5) is 4.79 Å². The number of amides is 2. The summed E-state index contributed by atoms with van der Waals surface area (Å²) in [7, 11) is 0. The molecule has 38 heavy (non-hydrogen) atoms. The number of aryl methyl sites for hydroxylation is 1.